The lowest BCUT2D eigenvalue weighted by molar-refractivity contribution is -0.123. The molecule has 0 saturated carbocycles. The fourth-order valence-electron chi connectivity index (χ4n) is 2.74. The minimum Gasteiger partial charge on any atom is -0.368 e. The highest BCUT2D eigenvalue weighted by Crippen LogP contribution is 2.24. The highest BCUT2D eigenvalue weighted by molar-refractivity contribution is 9.10. The number of nitrogens with two attached hydrogens (primary N) is 1. The Kier molecular flexibility index (Phi) is 5.38. The number of primary amides is 1. The number of likely N-dealkylation sites (N-methyl/N-ethyl adjacent to an activating group) is 1. The Morgan fingerprint density at radius 2 is 2.08 bits per heavy atom. The molecule has 1 heterocycles. The molecular formula is C17H16BrFN6O. The number of rotatable bonds is 6. The number of para-hydroxylation sites is 1. The molecule has 0 bridgehead atoms. The normalized spacial score (nSPS) is 12.3. The highest BCUT2D eigenvalue weighted by atomic mass is 79.9. The number of amides is 1. The van der Waals surface area contributed by atoms with Gasteiger partial charge in [0.25, 0.3) is 0 Å². The Morgan fingerprint density at radius 1 is 1.31 bits per heavy atom. The maximum absolute atomic E-state index is 13.5. The van der Waals surface area contributed by atoms with Crippen LogP contribution >= 0.6 is 15.9 Å². The van der Waals surface area contributed by atoms with Crippen molar-refractivity contribution in [1.29, 1.82) is 0 Å². The van der Waals surface area contributed by atoms with Crippen molar-refractivity contribution in [3.63, 3.8) is 0 Å². The molecule has 9 heteroatoms. The zero-order chi connectivity index (χ0) is 18.7. The summed E-state index contributed by atoms with van der Waals surface area (Å²) >= 11 is 3.47. The molecule has 1 unspecified atom stereocenters. The van der Waals surface area contributed by atoms with Gasteiger partial charge in [0, 0.05) is 4.47 Å². The van der Waals surface area contributed by atoms with Gasteiger partial charge in [-0.3, -0.25) is 9.69 Å². The van der Waals surface area contributed by atoms with Crippen molar-refractivity contribution >= 4 is 21.8 Å². The third kappa shape index (κ3) is 3.78. The largest absolute Gasteiger partial charge is 0.368 e. The predicted molar refractivity (Wildman–Crippen MR) is 96.7 cm³/mol. The van der Waals surface area contributed by atoms with Gasteiger partial charge in [0.05, 0.1) is 12.2 Å². The third-order valence-corrected chi connectivity index (χ3v) is 4.55. The molecule has 0 aliphatic rings. The number of benzene rings is 2. The zero-order valence-corrected chi connectivity index (χ0v) is 15.5. The van der Waals surface area contributed by atoms with E-state index in [2.05, 4.69) is 31.5 Å². The van der Waals surface area contributed by atoms with Crippen molar-refractivity contribution in [2.45, 2.75) is 12.6 Å². The average molecular weight is 419 g/mol. The van der Waals surface area contributed by atoms with Gasteiger partial charge in [0.1, 0.15) is 11.9 Å². The van der Waals surface area contributed by atoms with Gasteiger partial charge >= 0.3 is 0 Å². The van der Waals surface area contributed by atoms with E-state index in [1.807, 2.05) is 24.3 Å². The van der Waals surface area contributed by atoms with E-state index in [1.54, 1.807) is 28.8 Å². The van der Waals surface area contributed by atoms with Crippen LogP contribution in [0.15, 0.2) is 53.0 Å². The second kappa shape index (κ2) is 7.71. The van der Waals surface area contributed by atoms with Crippen LogP contribution in [0.2, 0.25) is 0 Å². The summed E-state index contributed by atoms with van der Waals surface area (Å²) in [6.45, 7) is 0.235. The molecule has 7 nitrogen and oxygen atoms in total. The number of carbonyl (C=O) groups is 1. The van der Waals surface area contributed by atoms with Gasteiger partial charge in [-0.1, -0.05) is 24.3 Å². The number of aromatic nitrogens is 4. The third-order valence-electron chi connectivity index (χ3n) is 3.88. The Labute approximate surface area is 157 Å². The molecule has 2 aromatic carbocycles. The summed E-state index contributed by atoms with van der Waals surface area (Å²) in [6, 6.07) is 12.5. The van der Waals surface area contributed by atoms with E-state index in [0.717, 1.165) is 10.2 Å². The fourth-order valence-corrected chi connectivity index (χ4v) is 3.19. The number of carbonyl (C=O) groups excluding carboxylic acids is 1. The van der Waals surface area contributed by atoms with E-state index < -0.39 is 17.8 Å². The molecule has 26 heavy (non-hydrogen) atoms. The number of nitrogens with zero attached hydrogens (tertiary/aromatic N) is 5. The second-order valence-corrected chi connectivity index (χ2v) is 6.59. The molecule has 1 atom stereocenters. The molecule has 0 saturated heterocycles. The van der Waals surface area contributed by atoms with Crippen LogP contribution in [0, 0.1) is 5.82 Å². The quantitative estimate of drug-likeness (QED) is 0.662. The van der Waals surface area contributed by atoms with Crippen molar-refractivity contribution in [3.05, 3.63) is 70.2 Å². The Balaban J connectivity index is 1.90. The zero-order valence-electron chi connectivity index (χ0n) is 13.9. The van der Waals surface area contributed by atoms with Crippen LogP contribution in [0.3, 0.4) is 0 Å². The first-order valence-electron chi connectivity index (χ1n) is 7.74. The SMILES string of the molecule is CN(Cc1nnnn1-c1ccccc1Br)C(C(N)=O)c1cccc(F)c1. The van der Waals surface area contributed by atoms with Crippen LogP contribution in [0.25, 0.3) is 5.69 Å². The molecule has 134 valence electrons. The van der Waals surface area contributed by atoms with E-state index in [1.165, 1.54) is 12.1 Å². The van der Waals surface area contributed by atoms with Gasteiger partial charge in [0.2, 0.25) is 5.91 Å². The van der Waals surface area contributed by atoms with Crippen LogP contribution in [0.5, 0.6) is 0 Å². The predicted octanol–water partition coefficient (Wildman–Crippen LogP) is 2.22. The van der Waals surface area contributed by atoms with E-state index >= 15 is 0 Å². The topological polar surface area (TPSA) is 89.9 Å². The van der Waals surface area contributed by atoms with Crippen LogP contribution in [-0.4, -0.2) is 38.1 Å². The van der Waals surface area contributed by atoms with Crippen LogP contribution in [0.4, 0.5) is 4.39 Å². The maximum atomic E-state index is 13.5. The Hall–Kier alpha value is -2.65. The van der Waals surface area contributed by atoms with Crippen LogP contribution < -0.4 is 5.73 Å². The molecule has 3 aromatic rings. The Morgan fingerprint density at radius 3 is 2.77 bits per heavy atom. The monoisotopic (exact) mass is 418 g/mol. The van der Waals surface area contributed by atoms with Gasteiger partial charge in [-0.15, -0.1) is 5.10 Å². The van der Waals surface area contributed by atoms with Crippen molar-refractivity contribution in [2.24, 2.45) is 5.73 Å². The average Bonchev–Trinajstić information content (AvgIpc) is 3.03. The second-order valence-electron chi connectivity index (χ2n) is 5.73. The van der Waals surface area contributed by atoms with E-state index in [9.17, 15) is 9.18 Å². The van der Waals surface area contributed by atoms with E-state index in [4.69, 9.17) is 5.73 Å². The number of hydrogen-bond donors (Lipinski definition) is 1. The molecule has 0 radical (unpaired) electrons. The lowest BCUT2D eigenvalue weighted by atomic mass is 10.0. The van der Waals surface area contributed by atoms with Gasteiger partial charge in [-0.2, -0.15) is 4.68 Å². The first kappa shape index (κ1) is 18.2. The highest BCUT2D eigenvalue weighted by Gasteiger charge is 2.25. The summed E-state index contributed by atoms with van der Waals surface area (Å²) in [5.74, 6) is -0.500. The van der Waals surface area contributed by atoms with E-state index in [-0.39, 0.29) is 6.54 Å². The fraction of sp³-hybridized carbons (Fsp3) is 0.176. The lowest BCUT2D eigenvalue weighted by Gasteiger charge is -2.25. The van der Waals surface area contributed by atoms with E-state index in [0.29, 0.717) is 11.4 Å². The summed E-state index contributed by atoms with van der Waals surface area (Å²) in [7, 11) is 1.71. The minimum atomic E-state index is -0.810. The molecule has 0 aliphatic carbocycles. The number of hydrogen-bond acceptors (Lipinski definition) is 5. The van der Waals surface area contributed by atoms with Crippen molar-refractivity contribution < 1.29 is 9.18 Å². The molecule has 1 amide bonds. The molecule has 3 rings (SSSR count). The molecular weight excluding hydrogens is 403 g/mol. The molecule has 0 aliphatic heterocycles. The summed E-state index contributed by atoms with van der Waals surface area (Å²) < 4.78 is 15.9. The summed E-state index contributed by atoms with van der Waals surface area (Å²) in [5.41, 5.74) is 6.79. The van der Waals surface area contributed by atoms with Gasteiger partial charge in [-0.25, -0.2) is 4.39 Å². The molecule has 2 N–H and O–H groups in total. The standard InChI is InChI=1S/C17H16BrFN6O/c1-24(16(17(20)26)11-5-4-6-12(19)9-11)10-15-21-22-23-25(15)14-8-3-2-7-13(14)18/h2-9,16H,10H2,1H3,(H2,20,26). The first-order valence-corrected chi connectivity index (χ1v) is 8.54. The van der Waals surface area contributed by atoms with Crippen molar-refractivity contribution in [3.8, 4) is 5.69 Å². The number of halogens is 2. The Bertz CT molecular complexity index is 931. The van der Waals surface area contributed by atoms with Gasteiger partial charge in [-0.05, 0) is 63.2 Å². The van der Waals surface area contributed by atoms with Crippen LogP contribution in [-0.2, 0) is 11.3 Å². The number of tetrazole rings is 1. The maximum Gasteiger partial charge on any atom is 0.239 e. The van der Waals surface area contributed by atoms with Crippen molar-refractivity contribution in [2.75, 3.05) is 7.05 Å². The molecule has 0 fully saturated rings. The lowest BCUT2D eigenvalue weighted by Crippen LogP contribution is -2.35. The first-order chi connectivity index (χ1) is 12.5. The summed E-state index contributed by atoms with van der Waals surface area (Å²) in [5, 5.41) is 11.8. The molecule has 0 spiro atoms. The van der Waals surface area contributed by atoms with Crippen molar-refractivity contribution in [1.82, 2.24) is 25.1 Å². The molecule has 1 aromatic heterocycles. The van der Waals surface area contributed by atoms with Crippen LogP contribution in [0.1, 0.15) is 17.4 Å². The summed E-state index contributed by atoms with van der Waals surface area (Å²) in [4.78, 5) is 13.7. The summed E-state index contributed by atoms with van der Waals surface area (Å²) in [6.07, 6.45) is 0. The van der Waals surface area contributed by atoms with Gasteiger partial charge in [0.15, 0.2) is 5.82 Å². The van der Waals surface area contributed by atoms with Gasteiger partial charge < -0.3 is 5.73 Å². The minimum absolute atomic E-state index is 0.235. The smallest absolute Gasteiger partial charge is 0.239 e.